The Morgan fingerprint density at radius 2 is 1.58 bits per heavy atom. The van der Waals surface area contributed by atoms with E-state index in [9.17, 15) is 53.4 Å². The van der Waals surface area contributed by atoms with Crippen LogP contribution in [0.2, 0.25) is 0 Å². The number of aryl methyl sites for hydroxylation is 2. The Morgan fingerprint density at radius 3 is 2.28 bits per heavy atom. The fourth-order valence-corrected chi connectivity index (χ4v) is 9.02. The van der Waals surface area contributed by atoms with E-state index in [1.54, 1.807) is 43.5 Å². The second-order valence-electron chi connectivity index (χ2n) is 17.3. The molecule has 0 fully saturated rings. The van der Waals surface area contributed by atoms with E-state index in [1.165, 1.54) is 19.1 Å². The van der Waals surface area contributed by atoms with Gasteiger partial charge in [0.1, 0.15) is 24.7 Å². The molecule has 0 radical (unpaired) electrons. The first-order valence-electron chi connectivity index (χ1n) is 22.0. The maximum absolute atomic E-state index is 13.8. The molecular formula is C46H53N7O12. The van der Waals surface area contributed by atoms with Gasteiger partial charge in [0.05, 0.1) is 29.0 Å². The van der Waals surface area contributed by atoms with Gasteiger partial charge in [0.2, 0.25) is 23.6 Å². The summed E-state index contributed by atoms with van der Waals surface area (Å²) in [6, 6.07) is 1.68. The molecule has 65 heavy (non-hydrogen) atoms. The van der Waals surface area contributed by atoms with Crippen molar-refractivity contribution in [1.82, 2.24) is 30.4 Å². The number of carbonyl (C=O) groups is 8. The number of carboxylic acid groups (broad SMARTS) is 1. The fraction of sp³-hybridized carbons (Fsp3) is 0.478. The van der Waals surface area contributed by atoms with E-state index >= 15 is 0 Å². The number of unbranched alkanes of at least 4 members (excludes halogenated alkanes) is 2. The minimum atomic E-state index is -1.95. The number of fused-ring (bicyclic) bond motifs is 5. The van der Waals surface area contributed by atoms with Gasteiger partial charge < -0.3 is 40.8 Å². The summed E-state index contributed by atoms with van der Waals surface area (Å²) < 4.78 is 6.80. The van der Waals surface area contributed by atoms with Crippen LogP contribution >= 0.6 is 0 Å². The minimum Gasteiger partial charge on any atom is -0.481 e. The van der Waals surface area contributed by atoms with Crippen molar-refractivity contribution in [1.29, 1.82) is 0 Å². The third kappa shape index (κ3) is 9.14. The molecule has 0 unspecified atom stereocenters. The molecule has 3 aliphatic heterocycles. The highest BCUT2D eigenvalue weighted by Crippen LogP contribution is 2.43. The molecule has 2 aromatic heterocycles. The number of nitrogens with one attached hydrogen (secondary N) is 4. The molecule has 4 aliphatic rings. The zero-order valence-electron chi connectivity index (χ0n) is 36.7. The van der Waals surface area contributed by atoms with Crippen LogP contribution in [-0.4, -0.2) is 96.7 Å². The lowest BCUT2D eigenvalue weighted by Crippen LogP contribution is -2.57. The number of cyclic esters (lactones) is 1. The molecule has 6 N–H and O–H groups in total. The summed E-state index contributed by atoms with van der Waals surface area (Å²) in [4.78, 5) is 121. The van der Waals surface area contributed by atoms with E-state index in [-0.39, 0.29) is 55.6 Å². The van der Waals surface area contributed by atoms with Crippen LogP contribution in [0, 0.1) is 5.92 Å². The number of nitrogens with zero attached hydrogens (tertiary/aromatic N) is 3. The topological polar surface area (TPSA) is 272 Å². The van der Waals surface area contributed by atoms with Crippen LogP contribution in [0.15, 0.2) is 35.1 Å². The number of esters is 1. The monoisotopic (exact) mass is 895 g/mol. The van der Waals surface area contributed by atoms with Crippen LogP contribution in [0.5, 0.6) is 0 Å². The van der Waals surface area contributed by atoms with E-state index in [4.69, 9.17) is 9.72 Å². The highest BCUT2D eigenvalue weighted by atomic mass is 16.6. The Hall–Kier alpha value is -6.76. The van der Waals surface area contributed by atoms with Crippen molar-refractivity contribution < 1.29 is 53.3 Å². The Morgan fingerprint density at radius 1 is 0.862 bits per heavy atom. The molecule has 0 spiro atoms. The lowest BCUT2D eigenvalue weighted by molar-refractivity contribution is -0.172. The van der Waals surface area contributed by atoms with Gasteiger partial charge in [0, 0.05) is 53.7 Å². The summed E-state index contributed by atoms with van der Waals surface area (Å²) in [6.45, 7) is 6.73. The Bertz CT molecular complexity index is 2600. The van der Waals surface area contributed by atoms with Gasteiger partial charge in [-0.05, 0) is 87.1 Å². The Balaban J connectivity index is 1.00. The summed E-state index contributed by atoms with van der Waals surface area (Å²) in [6.07, 6.45) is 5.15. The largest absolute Gasteiger partial charge is 0.481 e. The number of amides is 6. The zero-order chi connectivity index (χ0) is 46.9. The van der Waals surface area contributed by atoms with Gasteiger partial charge in [-0.15, -0.1) is 0 Å². The van der Waals surface area contributed by atoms with Gasteiger partial charge >= 0.3 is 11.9 Å². The highest BCUT2D eigenvalue weighted by Gasteiger charge is 2.46. The van der Waals surface area contributed by atoms with Crippen molar-refractivity contribution in [3.05, 3.63) is 68.5 Å². The van der Waals surface area contributed by atoms with Crippen LogP contribution in [0.1, 0.15) is 107 Å². The number of ether oxygens (including phenoxy) is 1. The van der Waals surface area contributed by atoms with Crippen LogP contribution < -0.4 is 26.8 Å². The minimum absolute atomic E-state index is 0.000888. The van der Waals surface area contributed by atoms with Crippen LogP contribution in [0.3, 0.4) is 0 Å². The number of aliphatic carboxylic acids is 1. The number of pyridine rings is 2. The summed E-state index contributed by atoms with van der Waals surface area (Å²) in [5.41, 5.74) is 3.10. The fourth-order valence-electron chi connectivity index (χ4n) is 9.02. The number of aromatic nitrogens is 2. The molecule has 6 amide bonds. The van der Waals surface area contributed by atoms with Crippen molar-refractivity contribution >= 4 is 64.0 Å². The predicted molar refractivity (Wildman–Crippen MR) is 233 cm³/mol. The first kappa shape index (κ1) is 46.2. The molecular weight excluding hydrogens is 843 g/mol. The van der Waals surface area contributed by atoms with Crippen molar-refractivity contribution in [2.75, 3.05) is 11.9 Å². The van der Waals surface area contributed by atoms with Crippen molar-refractivity contribution in [2.45, 2.75) is 129 Å². The molecule has 19 nitrogen and oxygen atoms in total. The van der Waals surface area contributed by atoms with E-state index in [0.29, 0.717) is 54.7 Å². The van der Waals surface area contributed by atoms with E-state index in [0.717, 1.165) is 33.4 Å². The number of carbonyl (C=O) groups excluding carboxylic acids is 7. The van der Waals surface area contributed by atoms with Crippen molar-refractivity contribution in [3.63, 3.8) is 0 Å². The third-order valence-corrected chi connectivity index (χ3v) is 12.7. The number of carboxylic acids is 1. The second-order valence-corrected chi connectivity index (χ2v) is 17.3. The zero-order valence-corrected chi connectivity index (χ0v) is 36.7. The predicted octanol–water partition coefficient (Wildman–Crippen LogP) is 1.99. The van der Waals surface area contributed by atoms with Gasteiger partial charge in [-0.25, -0.2) is 9.78 Å². The molecule has 344 valence electrons. The Labute approximate surface area is 373 Å². The smallest absolute Gasteiger partial charge is 0.343 e. The molecule has 5 heterocycles. The molecule has 1 aliphatic carbocycles. The van der Waals surface area contributed by atoms with Crippen LogP contribution in [0.25, 0.3) is 22.3 Å². The molecule has 4 atom stereocenters. The van der Waals surface area contributed by atoms with E-state index in [2.05, 4.69) is 21.3 Å². The maximum Gasteiger partial charge on any atom is 0.343 e. The first-order chi connectivity index (χ1) is 30.9. The van der Waals surface area contributed by atoms with Gasteiger partial charge in [-0.1, -0.05) is 27.2 Å². The number of aliphatic hydroxyl groups is 1. The van der Waals surface area contributed by atoms with Gasteiger partial charge in [0.15, 0.2) is 5.60 Å². The number of anilines is 1. The summed E-state index contributed by atoms with van der Waals surface area (Å²) in [5.74, 6) is -5.73. The number of imide groups is 1. The van der Waals surface area contributed by atoms with E-state index in [1.807, 2.05) is 0 Å². The highest BCUT2D eigenvalue weighted by molar-refractivity contribution is 6.12. The molecule has 7 rings (SSSR count). The summed E-state index contributed by atoms with van der Waals surface area (Å²) in [5, 5.41) is 32.3. The normalized spacial score (nSPS) is 18.4. The SMILES string of the molecule is CC[C@@]1(O)C(=O)OCc2c1cc1n(c2=O)Cc2c-1nc1ccc(NC(=O)[C@H](C)NC(=O)[C@@H](NC(=O)[C@H](CCC(=O)O)NC(=O)CCCCCN3C(=O)C=CC3=O)C(C)C)c3c1c2CCC3. The molecule has 19 heteroatoms. The van der Waals surface area contributed by atoms with E-state index < -0.39 is 83.4 Å². The first-order valence-corrected chi connectivity index (χ1v) is 22.0. The molecule has 3 aromatic rings. The number of hydrogen-bond acceptors (Lipinski definition) is 12. The lowest BCUT2D eigenvalue weighted by atomic mass is 9.85. The second kappa shape index (κ2) is 18.8. The standard InChI is InChI=1S/C46H53N7O12/c1-5-46(64)29-20-33-40-27(21-53(33)44(62)28(29)22-65-45(46)63)25-10-9-11-26-30(13-14-31(49-40)38(25)26)50-41(59)24(4)47-43(61)39(23(2)3)51-42(60)32(15-18-37(57)58)48-34(54)12-7-6-8-19-52-35(55)16-17-36(52)56/h13-14,16-17,20,23-24,32,39,64H,5-12,15,18-19,21-22H2,1-4H3,(H,47,61)(H,48,54)(H,50,59)(H,51,60)(H,57,58)/t24-,32-,39-,46-/m0/s1. The summed E-state index contributed by atoms with van der Waals surface area (Å²) >= 11 is 0. The number of rotatable bonds is 18. The van der Waals surface area contributed by atoms with Gasteiger partial charge in [-0.3, -0.25) is 43.3 Å². The lowest BCUT2D eigenvalue weighted by Gasteiger charge is -2.31. The molecule has 0 bridgehead atoms. The maximum atomic E-state index is 13.8. The Kier molecular flexibility index (Phi) is 13.3. The van der Waals surface area contributed by atoms with Crippen LogP contribution in [0.4, 0.5) is 5.69 Å². The summed E-state index contributed by atoms with van der Waals surface area (Å²) in [7, 11) is 0. The molecule has 0 saturated carbocycles. The quantitative estimate of drug-likeness (QED) is 0.0475. The number of benzene rings is 1. The third-order valence-electron chi connectivity index (χ3n) is 12.7. The number of hydrogen-bond donors (Lipinski definition) is 6. The van der Waals surface area contributed by atoms with Crippen LogP contribution in [-0.2, 0) is 74.7 Å². The van der Waals surface area contributed by atoms with Crippen molar-refractivity contribution in [2.24, 2.45) is 5.92 Å². The van der Waals surface area contributed by atoms with Crippen molar-refractivity contribution in [3.8, 4) is 11.4 Å². The molecule has 1 aromatic carbocycles. The van der Waals surface area contributed by atoms with Gasteiger partial charge in [-0.2, -0.15) is 0 Å². The average molecular weight is 896 g/mol. The average Bonchev–Trinajstić information content (AvgIpc) is 3.81. The van der Waals surface area contributed by atoms with Gasteiger partial charge in [0.25, 0.3) is 17.4 Å². The molecule has 0 saturated heterocycles.